The first kappa shape index (κ1) is 69.1. The minimum Gasteiger partial charge on any atom is -0.462 e. The van der Waals surface area contributed by atoms with Gasteiger partial charge in [-0.2, -0.15) is 0 Å². The first-order valence-electron chi connectivity index (χ1n) is 31.1. The quantitative estimate of drug-likeness (QED) is 0.0373. The van der Waals surface area contributed by atoms with Crippen LogP contribution in [0.15, 0.2) is 85.1 Å². The maximum absolute atomic E-state index is 12.3. The molecule has 0 aromatic carbocycles. The zero-order valence-corrected chi connectivity index (χ0v) is 47.7. The van der Waals surface area contributed by atoms with Crippen molar-refractivity contribution in [2.45, 2.75) is 315 Å². The fourth-order valence-electron chi connectivity index (χ4n) is 9.03. The van der Waals surface area contributed by atoms with Crippen molar-refractivity contribution in [1.82, 2.24) is 0 Å². The Morgan fingerprint density at radius 1 is 0.333 bits per heavy atom. The summed E-state index contributed by atoms with van der Waals surface area (Å²) in [6.07, 6.45) is 87.2. The molecule has 5 heteroatoms. The molecule has 0 heterocycles. The molecule has 0 rings (SSSR count). The monoisotopic (exact) mass is 1000 g/mol. The number of hydrogen-bond donors (Lipinski definition) is 1. The Kier molecular flexibility index (Phi) is 59.8. The third-order valence-electron chi connectivity index (χ3n) is 13.7. The lowest BCUT2D eigenvalue weighted by atomic mass is 10.0. The normalized spacial score (nSPS) is 12.8. The number of hydrogen-bond acceptors (Lipinski definition) is 5. The van der Waals surface area contributed by atoms with Crippen LogP contribution in [-0.4, -0.2) is 36.4 Å². The van der Waals surface area contributed by atoms with Crippen LogP contribution < -0.4 is 0 Å². The van der Waals surface area contributed by atoms with Gasteiger partial charge in [-0.1, -0.05) is 292 Å². The van der Waals surface area contributed by atoms with Gasteiger partial charge in [-0.15, -0.1) is 0 Å². The largest absolute Gasteiger partial charge is 0.462 e. The highest BCUT2D eigenvalue weighted by atomic mass is 16.6. The van der Waals surface area contributed by atoms with Crippen molar-refractivity contribution in [2.24, 2.45) is 0 Å². The third kappa shape index (κ3) is 59.6. The summed E-state index contributed by atoms with van der Waals surface area (Å²) in [5.74, 6) is -0.581. The number of carbonyl (C=O) groups is 2. The molecule has 0 saturated carbocycles. The van der Waals surface area contributed by atoms with E-state index in [-0.39, 0.29) is 25.2 Å². The summed E-state index contributed by atoms with van der Waals surface area (Å²) in [6.45, 7) is 4.05. The summed E-state index contributed by atoms with van der Waals surface area (Å²) in [5.41, 5.74) is 0. The molecular weight excluding hydrogens is 885 g/mol. The van der Waals surface area contributed by atoms with Crippen molar-refractivity contribution in [1.29, 1.82) is 0 Å². The first-order valence-corrected chi connectivity index (χ1v) is 31.1. The van der Waals surface area contributed by atoms with E-state index >= 15 is 0 Å². The molecule has 0 bridgehead atoms. The Morgan fingerprint density at radius 3 is 0.903 bits per heavy atom. The number of aliphatic hydroxyl groups excluding tert-OH is 1. The third-order valence-corrected chi connectivity index (χ3v) is 13.7. The minimum atomic E-state index is -0.775. The summed E-state index contributed by atoms with van der Waals surface area (Å²) in [7, 11) is 0. The second-order valence-corrected chi connectivity index (χ2v) is 20.8. The van der Waals surface area contributed by atoms with E-state index in [0.717, 1.165) is 77.0 Å². The van der Waals surface area contributed by atoms with Gasteiger partial charge in [0, 0.05) is 12.8 Å². The second-order valence-electron chi connectivity index (χ2n) is 20.8. The predicted molar refractivity (Wildman–Crippen MR) is 316 cm³/mol. The maximum Gasteiger partial charge on any atom is 0.306 e. The molecule has 1 unspecified atom stereocenters. The molecule has 0 saturated heterocycles. The molecule has 416 valence electrons. The number of carbonyl (C=O) groups excluding carboxylic acids is 2. The highest BCUT2D eigenvalue weighted by Crippen LogP contribution is 2.17. The smallest absolute Gasteiger partial charge is 0.306 e. The van der Waals surface area contributed by atoms with Crippen LogP contribution >= 0.6 is 0 Å². The van der Waals surface area contributed by atoms with E-state index in [9.17, 15) is 14.7 Å². The van der Waals surface area contributed by atoms with Gasteiger partial charge in [0.1, 0.15) is 6.61 Å². The molecule has 0 aromatic rings. The number of ether oxygens (including phenoxy) is 2. The summed E-state index contributed by atoms with van der Waals surface area (Å²) in [5, 5.41) is 9.68. The molecule has 72 heavy (non-hydrogen) atoms. The SMILES string of the molecule is CC/C=C\C/C=C\C/C=C\C/C=C\C/C=C\CCCCCCCCCCCCCCCCCCCCCC(=O)OC(CO)COC(=O)CCCCCCCCCCCCC/C=C\C/C=C\CCCCCCC. The van der Waals surface area contributed by atoms with Gasteiger partial charge >= 0.3 is 11.9 Å². The zero-order chi connectivity index (χ0) is 52.0. The Hall–Kier alpha value is -2.92. The van der Waals surface area contributed by atoms with Gasteiger partial charge in [0.2, 0.25) is 0 Å². The average Bonchev–Trinajstić information content (AvgIpc) is 3.38. The number of esters is 2. The Balaban J connectivity index is 3.45. The van der Waals surface area contributed by atoms with Crippen LogP contribution in [0.4, 0.5) is 0 Å². The van der Waals surface area contributed by atoms with Crippen molar-refractivity contribution in [3.63, 3.8) is 0 Å². The van der Waals surface area contributed by atoms with Crippen LogP contribution in [0.1, 0.15) is 309 Å². The van der Waals surface area contributed by atoms with Gasteiger partial charge in [-0.05, 0) is 89.9 Å². The molecule has 0 fully saturated rings. The van der Waals surface area contributed by atoms with E-state index < -0.39 is 6.10 Å². The summed E-state index contributed by atoms with van der Waals surface area (Å²) in [4.78, 5) is 24.6. The molecule has 0 spiro atoms. The van der Waals surface area contributed by atoms with Crippen molar-refractivity contribution >= 4 is 11.9 Å². The van der Waals surface area contributed by atoms with E-state index in [2.05, 4.69) is 98.9 Å². The Morgan fingerprint density at radius 2 is 0.597 bits per heavy atom. The van der Waals surface area contributed by atoms with Crippen LogP contribution in [0.25, 0.3) is 0 Å². The minimum absolute atomic E-state index is 0.0661. The second kappa shape index (κ2) is 62.4. The van der Waals surface area contributed by atoms with Crippen LogP contribution in [0.5, 0.6) is 0 Å². The lowest BCUT2D eigenvalue weighted by Gasteiger charge is -2.15. The summed E-state index contributed by atoms with van der Waals surface area (Å²) >= 11 is 0. The van der Waals surface area contributed by atoms with Crippen molar-refractivity contribution in [3.8, 4) is 0 Å². The van der Waals surface area contributed by atoms with Crippen LogP contribution in [-0.2, 0) is 19.1 Å². The molecule has 5 nitrogen and oxygen atoms in total. The summed E-state index contributed by atoms with van der Waals surface area (Å²) < 4.78 is 10.7. The lowest BCUT2D eigenvalue weighted by molar-refractivity contribution is -0.161. The van der Waals surface area contributed by atoms with Crippen LogP contribution in [0.2, 0.25) is 0 Å². The van der Waals surface area contributed by atoms with Gasteiger partial charge < -0.3 is 14.6 Å². The molecule has 0 amide bonds. The predicted octanol–water partition coefficient (Wildman–Crippen LogP) is 21.3. The van der Waals surface area contributed by atoms with Crippen molar-refractivity contribution < 1.29 is 24.2 Å². The highest BCUT2D eigenvalue weighted by molar-refractivity contribution is 5.70. The summed E-state index contributed by atoms with van der Waals surface area (Å²) in [6, 6.07) is 0. The van der Waals surface area contributed by atoms with Gasteiger partial charge in [0.15, 0.2) is 6.10 Å². The maximum atomic E-state index is 12.3. The van der Waals surface area contributed by atoms with Crippen LogP contribution in [0.3, 0.4) is 0 Å². The molecule has 1 atom stereocenters. The number of unbranched alkanes of at least 4 members (excludes halogenated alkanes) is 35. The fourth-order valence-corrected chi connectivity index (χ4v) is 9.03. The van der Waals surface area contributed by atoms with E-state index in [0.29, 0.717) is 12.8 Å². The van der Waals surface area contributed by atoms with E-state index in [1.54, 1.807) is 0 Å². The first-order chi connectivity index (χ1) is 35.6. The van der Waals surface area contributed by atoms with Gasteiger partial charge in [0.05, 0.1) is 6.61 Å². The van der Waals surface area contributed by atoms with E-state index in [1.165, 1.54) is 205 Å². The number of allylic oxidation sites excluding steroid dienone is 14. The average molecular weight is 1000 g/mol. The standard InChI is InChI=1S/C67H118O5/c1-3-5-7-9-11-13-15-17-19-21-23-25-27-28-29-30-31-32-33-34-35-36-37-38-40-42-44-46-48-50-52-54-56-58-60-62-67(70)72-65(63-68)64-71-66(69)61-59-57-55-53-51-49-47-45-43-41-39-26-24-22-20-18-16-14-12-10-8-6-4-2/h5,7,11,13,16-19,22-25,28-29,65,68H,3-4,6,8-10,12,14-15,20-21,26-27,30-64H2,1-2H3/b7-5-,13-11-,18-16-,19-17-,24-22-,25-23-,29-28-. The van der Waals surface area contributed by atoms with Crippen molar-refractivity contribution in [2.75, 3.05) is 13.2 Å². The van der Waals surface area contributed by atoms with Crippen LogP contribution in [0, 0.1) is 0 Å². The Labute approximate surface area is 447 Å². The van der Waals surface area contributed by atoms with Gasteiger partial charge in [-0.3, -0.25) is 9.59 Å². The lowest BCUT2D eigenvalue weighted by Crippen LogP contribution is -2.28. The molecule has 0 radical (unpaired) electrons. The molecule has 0 aliphatic heterocycles. The van der Waals surface area contributed by atoms with Gasteiger partial charge in [0.25, 0.3) is 0 Å². The molecule has 0 aliphatic rings. The van der Waals surface area contributed by atoms with Gasteiger partial charge in [-0.25, -0.2) is 0 Å². The number of rotatable bonds is 57. The molecule has 1 N–H and O–H groups in total. The molecular formula is C67H118O5. The Bertz CT molecular complexity index is 1320. The topological polar surface area (TPSA) is 72.8 Å². The fraction of sp³-hybridized carbons (Fsp3) is 0.761. The van der Waals surface area contributed by atoms with E-state index in [4.69, 9.17) is 9.47 Å². The zero-order valence-electron chi connectivity index (χ0n) is 47.7. The number of aliphatic hydroxyl groups is 1. The highest BCUT2D eigenvalue weighted by Gasteiger charge is 2.16. The van der Waals surface area contributed by atoms with Crippen molar-refractivity contribution in [3.05, 3.63) is 85.1 Å². The molecule has 0 aromatic heterocycles. The molecule has 0 aliphatic carbocycles. The van der Waals surface area contributed by atoms with E-state index in [1.807, 2.05) is 0 Å².